The van der Waals surface area contributed by atoms with Crippen molar-refractivity contribution in [2.45, 2.75) is 26.5 Å². The minimum atomic E-state index is -0.622. The Labute approximate surface area is 138 Å². The van der Waals surface area contributed by atoms with Gasteiger partial charge in [-0.1, -0.05) is 35.8 Å². The number of nitrogens with one attached hydrogen (secondary N) is 2. The molecule has 0 aliphatic rings. The summed E-state index contributed by atoms with van der Waals surface area (Å²) in [7, 11) is 1.58. The van der Waals surface area contributed by atoms with Gasteiger partial charge in [0.15, 0.2) is 0 Å². The Kier molecular flexibility index (Phi) is 7.50. The van der Waals surface area contributed by atoms with Gasteiger partial charge in [0, 0.05) is 22.8 Å². The molecular weight excluding hydrogens is 350 g/mol. The highest BCUT2D eigenvalue weighted by Crippen LogP contribution is 2.25. The van der Waals surface area contributed by atoms with Crippen LogP contribution in [0.4, 0.5) is 5.69 Å². The highest BCUT2D eigenvalue weighted by Gasteiger charge is 2.18. The van der Waals surface area contributed by atoms with E-state index in [2.05, 4.69) is 26.6 Å². The molecule has 1 rings (SSSR count). The summed E-state index contributed by atoms with van der Waals surface area (Å²) in [5.41, 5.74) is 7.19. The smallest absolute Gasteiger partial charge is 0.243 e. The van der Waals surface area contributed by atoms with E-state index >= 15 is 0 Å². The fraction of sp³-hybridized carbons (Fsp3) is 0.467. The number of carbonyl (C=O) groups excluding carboxylic acids is 2. The highest BCUT2D eigenvalue weighted by molar-refractivity contribution is 9.10. The zero-order valence-corrected chi connectivity index (χ0v) is 14.6. The van der Waals surface area contributed by atoms with Gasteiger partial charge in [-0.2, -0.15) is 0 Å². The molecule has 0 aliphatic carbocycles. The van der Waals surface area contributed by atoms with Crippen molar-refractivity contribution >= 4 is 33.4 Å². The molecule has 0 saturated carbocycles. The molecule has 7 heteroatoms. The van der Waals surface area contributed by atoms with Crippen LogP contribution in [0, 0.1) is 5.92 Å². The van der Waals surface area contributed by atoms with Gasteiger partial charge in [0.05, 0.1) is 19.2 Å². The van der Waals surface area contributed by atoms with Crippen molar-refractivity contribution in [2.75, 3.05) is 19.0 Å². The van der Waals surface area contributed by atoms with Crippen molar-refractivity contribution < 1.29 is 14.3 Å². The van der Waals surface area contributed by atoms with Crippen LogP contribution in [-0.4, -0.2) is 31.5 Å². The Morgan fingerprint density at radius 3 is 2.64 bits per heavy atom. The number of halogens is 1. The quantitative estimate of drug-likeness (QED) is 0.678. The molecule has 122 valence electrons. The molecule has 0 heterocycles. The monoisotopic (exact) mass is 371 g/mol. The van der Waals surface area contributed by atoms with Crippen molar-refractivity contribution in [3.8, 4) is 0 Å². The SMILES string of the molecule is COCc1c(Br)cccc1NC(=O)CNC(=O)[C@@H](N)C(C)C. The Morgan fingerprint density at radius 1 is 1.36 bits per heavy atom. The van der Waals surface area contributed by atoms with E-state index in [0.29, 0.717) is 12.3 Å². The fourth-order valence-corrected chi connectivity index (χ4v) is 2.23. The number of anilines is 1. The Hall–Kier alpha value is -1.44. The van der Waals surface area contributed by atoms with Crippen LogP contribution in [0.1, 0.15) is 19.4 Å². The Bertz CT molecular complexity index is 535. The van der Waals surface area contributed by atoms with Crippen molar-refractivity contribution in [1.82, 2.24) is 5.32 Å². The van der Waals surface area contributed by atoms with Crippen molar-refractivity contribution in [3.63, 3.8) is 0 Å². The second-order valence-electron chi connectivity index (χ2n) is 5.23. The second kappa shape index (κ2) is 8.87. The first kappa shape index (κ1) is 18.6. The van der Waals surface area contributed by atoms with Gasteiger partial charge in [-0.05, 0) is 18.1 Å². The first-order chi connectivity index (χ1) is 10.4. The summed E-state index contributed by atoms with van der Waals surface area (Å²) in [5.74, 6) is -0.641. The number of hydrogen-bond acceptors (Lipinski definition) is 4. The standard InChI is InChI=1S/C15H22BrN3O3/c1-9(2)14(17)15(21)18-7-13(20)19-12-6-4-5-11(16)10(12)8-22-3/h4-6,9,14H,7-8,17H2,1-3H3,(H,18,21)(H,19,20)/t14-/m0/s1. The average Bonchev–Trinajstić information content (AvgIpc) is 2.47. The molecule has 1 aromatic carbocycles. The summed E-state index contributed by atoms with van der Waals surface area (Å²) < 4.78 is 5.96. The van der Waals surface area contributed by atoms with E-state index in [9.17, 15) is 9.59 Å². The Morgan fingerprint density at radius 2 is 2.05 bits per heavy atom. The van der Waals surface area contributed by atoms with Gasteiger partial charge in [-0.3, -0.25) is 9.59 Å². The molecule has 4 N–H and O–H groups in total. The van der Waals surface area contributed by atoms with E-state index in [0.717, 1.165) is 10.0 Å². The molecule has 0 bridgehead atoms. The number of nitrogens with two attached hydrogens (primary N) is 1. The molecule has 0 fully saturated rings. The predicted octanol–water partition coefficient (Wildman–Crippen LogP) is 1.63. The summed E-state index contributed by atoms with van der Waals surface area (Å²) in [6, 6.07) is 4.83. The van der Waals surface area contributed by atoms with Gasteiger partial charge in [-0.15, -0.1) is 0 Å². The van der Waals surface area contributed by atoms with Gasteiger partial charge >= 0.3 is 0 Å². The number of hydrogen-bond donors (Lipinski definition) is 3. The van der Waals surface area contributed by atoms with Crippen molar-refractivity contribution in [2.24, 2.45) is 11.7 Å². The van der Waals surface area contributed by atoms with Crippen LogP contribution in [0.5, 0.6) is 0 Å². The van der Waals surface area contributed by atoms with Crippen LogP contribution < -0.4 is 16.4 Å². The molecule has 1 aromatic rings. The molecular formula is C15H22BrN3O3. The average molecular weight is 372 g/mol. The van der Waals surface area contributed by atoms with Crippen LogP contribution in [-0.2, 0) is 20.9 Å². The maximum atomic E-state index is 12.0. The third-order valence-electron chi connectivity index (χ3n) is 3.13. The summed E-state index contributed by atoms with van der Waals surface area (Å²) in [6.45, 7) is 3.94. The number of amides is 2. The summed E-state index contributed by atoms with van der Waals surface area (Å²) in [5, 5.41) is 5.29. The van der Waals surface area contributed by atoms with Gasteiger partial charge in [0.25, 0.3) is 0 Å². The van der Waals surface area contributed by atoms with E-state index in [-0.39, 0.29) is 24.3 Å². The molecule has 0 saturated heterocycles. The van der Waals surface area contributed by atoms with Crippen LogP contribution >= 0.6 is 15.9 Å². The number of methoxy groups -OCH3 is 1. The molecule has 6 nitrogen and oxygen atoms in total. The third-order valence-corrected chi connectivity index (χ3v) is 3.87. The maximum absolute atomic E-state index is 12.0. The summed E-state index contributed by atoms with van der Waals surface area (Å²) in [6.07, 6.45) is 0. The van der Waals surface area contributed by atoms with E-state index in [1.165, 1.54) is 0 Å². The normalized spacial score (nSPS) is 12.1. The fourth-order valence-electron chi connectivity index (χ4n) is 1.75. The maximum Gasteiger partial charge on any atom is 0.243 e. The van der Waals surface area contributed by atoms with Gasteiger partial charge in [-0.25, -0.2) is 0 Å². The molecule has 0 aliphatic heterocycles. The van der Waals surface area contributed by atoms with Gasteiger partial charge in [0.1, 0.15) is 0 Å². The van der Waals surface area contributed by atoms with E-state index < -0.39 is 6.04 Å². The predicted molar refractivity (Wildman–Crippen MR) is 89.3 cm³/mol. The van der Waals surface area contributed by atoms with Gasteiger partial charge in [0.2, 0.25) is 11.8 Å². The first-order valence-corrected chi connectivity index (χ1v) is 7.75. The minimum absolute atomic E-state index is 0.0152. The topological polar surface area (TPSA) is 93.5 Å². The first-order valence-electron chi connectivity index (χ1n) is 6.96. The number of ether oxygens (including phenoxy) is 1. The lowest BCUT2D eigenvalue weighted by Crippen LogP contribution is -2.46. The van der Waals surface area contributed by atoms with Crippen LogP contribution in [0.2, 0.25) is 0 Å². The van der Waals surface area contributed by atoms with Crippen LogP contribution in [0.15, 0.2) is 22.7 Å². The zero-order chi connectivity index (χ0) is 16.7. The molecule has 0 spiro atoms. The van der Waals surface area contributed by atoms with Crippen LogP contribution in [0.3, 0.4) is 0 Å². The highest BCUT2D eigenvalue weighted by atomic mass is 79.9. The second-order valence-corrected chi connectivity index (χ2v) is 6.09. The lowest BCUT2D eigenvalue weighted by atomic mass is 10.1. The van der Waals surface area contributed by atoms with E-state index in [1.807, 2.05) is 26.0 Å². The largest absolute Gasteiger partial charge is 0.380 e. The van der Waals surface area contributed by atoms with E-state index in [4.69, 9.17) is 10.5 Å². The van der Waals surface area contributed by atoms with E-state index in [1.54, 1.807) is 13.2 Å². The lowest BCUT2D eigenvalue weighted by Gasteiger charge is -2.16. The minimum Gasteiger partial charge on any atom is -0.380 e. The molecule has 2 amide bonds. The molecule has 0 radical (unpaired) electrons. The summed E-state index contributed by atoms with van der Waals surface area (Å²) >= 11 is 3.42. The molecule has 22 heavy (non-hydrogen) atoms. The van der Waals surface area contributed by atoms with Crippen molar-refractivity contribution in [1.29, 1.82) is 0 Å². The molecule has 0 aromatic heterocycles. The third kappa shape index (κ3) is 5.40. The number of rotatable bonds is 7. The summed E-state index contributed by atoms with van der Waals surface area (Å²) in [4.78, 5) is 23.7. The molecule has 0 unspecified atom stereocenters. The van der Waals surface area contributed by atoms with Crippen LogP contribution in [0.25, 0.3) is 0 Å². The number of carbonyl (C=O) groups is 2. The molecule has 1 atom stereocenters. The Balaban J connectivity index is 2.63. The van der Waals surface area contributed by atoms with Crippen molar-refractivity contribution in [3.05, 3.63) is 28.2 Å². The number of benzene rings is 1. The van der Waals surface area contributed by atoms with Gasteiger partial charge < -0.3 is 21.1 Å². The zero-order valence-electron chi connectivity index (χ0n) is 13.0. The lowest BCUT2D eigenvalue weighted by molar-refractivity contribution is -0.125.